The third-order valence-corrected chi connectivity index (χ3v) is 3.86. The highest BCUT2D eigenvalue weighted by Gasteiger charge is 2.33. The van der Waals surface area contributed by atoms with E-state index in [4.69, 9.17) is 0 Å². The van der Waals surface area contributed by atoms with Crippen molar-refractivity contribution >= 4 is 11.8 Å². The minimum atomic E-state index is -0.494. The van der Waals surface area contributed by atoms with Gasteiger partial charge < -0.3 is 15.0 Å². The molecule has 108 valence electrons. The molecule has 0 atom stereocenters. The minimum absolute atomic E-state index is 0.121. The van der Waals surface area contributed by atoms with Crippen molar-refractivity contribution in [3.05, 3.63) is 18.1 Å². The number of ether oxygens (including phenoxy) is 1. The van der Waals surface area contributed by atoms with Crippen LogP contribution < -0.4 is 10.2 Å². The number of piperazine rings is 1. The largest absolute Gasteiger partial charge is 0.463 e. The van der Waals surface area contributed by atoms with Crippen LogP contribution in [-0.2, 0) is 4.74 Å². The van der Waals surface area contributed by atoms with Gasteiger partial charge in [-0.15, -0.1) is 0 Å². The molecule has 0 bridgehead atoms. The molecule has 3 rings (SSSR count). The molecule has 0 aliphatic carbocycles. The van der Waals surface area contributed by atoms with E-state index in [1.165, 1.54) is 7.11 Å². The van der Waals surface area contributed by atoms with Crippen molar-refractivity contribution in [3.8, 4) is 0 Å². The van der Waals surface area contributed by atoms with Crippen molar-refractivity contribution in [2.75, 3.05) is 51.3 Å². The number of anilines is 1. The first-order valence-electron chi connectivity index (χ1n) is 6.89. The summed E-state index contributed by atoms with van der Waals surface area (Å²) in [5.41, 5.74) is 0. The molecule has 0 spiro atoms. The van der Waals surface area contributed by atoms with Gasteiger partial charge in [-0.2, -0.15) is 0 Å². The van der Waals surface area contributed by atoms with Gasteiger partial charge in [-0.3, -0.25) is 4.90 Å². The number of esters is 1. The van der Waals surface area contributed by atoms with Crippen LogP contribution in [0.1, 0.15) is 10.6 Å². The van der Waals surface area contributed by atoms with Crippen molar-refractivity contribution in [1.82, 2.24) is 20.2 Å². The van der Waals surface area contributed by atoms with E-state index in [1.54, 1.807) is 6.20 Å². The lowest BCUT2D eigenvalue weighted by Crippen LogP contribution is -2.63. The Hall–Kier alpha value is -1.73. The molecule has 7 heteroatoms. The van der Waals surface area contributed by atoms with Crippen LogP contribution in [0, 0.1) is 0 Å². The number of nitrogens with zero attached hydrogens (tertiary/aromatic N) is 4. The van der Waals surface area contributed by atoms with Crippen LogP contribution in [0.25, 0.3) is 0 Å². The average molecular weight is 277 g/mol. The Kier molecular flexibility index (Phi) is 3.79. The van der Waals surface area contributed by atoms with Crippen molar-refractivity contribution in [1.29, 1.82) is 0 Å². The lowest BCUT2D eigenvalue weighted by atomic mass is 10.1. The molecule has 3 heterocycles. The van der Waals surface area contributed by atoms with E-state index in [0.29, 0.717) is 6.04 Å². The van der Waals surface area contributed by atoms with Crippen LogP contribution in [0.3, 0.4) is 0 Å². The quantitative estimate of drug-likeness (QED) is 0.737. The highest BCUT2D eigenvalue weighted by Crippen LogP contribution is 2.21. The Morgan fingerprint density at radius 1 is 1.40 bits per heavy atom. The van der Waals surface area contributed by atoms with Gasteiger partial charge in [0.15, 0.2) is 0 Å². The van der Waals surface area contributed by atoms with Crippen molar-refractivity contribution in [2.45, 2.75) is 6.04 Å². The number of aromatic nitrogens is 2. The maximum atomic E-state index is 11.4. The summed E-state index contributed by atoms with van der Waals surface area (Å²) >= 11 is 0. The van der Waals surface area contributed by atoms with E-state index in [2.05, 4.69) is 29.8 Å². The molecule has 0 amide bonds. The van der Waals surface area contributed by atoms with Crippen molar-refractivity contribution in [3.63, 3.8) is 0 Å². The predicted molar refractivity (Wildman–Crippen MR) is 73.8 cm³/mol. The lowest BCUT2D eigenvalue weighted by Gasteiger charge is -2.47. The highest BCUT2D eigenvalue weighted by atomic mass is 16.5. The number of hydrogen-bond acceptors (Lipinski definition) is 7. The standard InChI is InChI=1S/C13H19N5O2/c1-20-13(19)12-15-3-2-11(16-12)18-8-10(9-18)17-6-4-14-5-7-17/h2-3,10,14H,4-9H2,1H3. The number of rotatable bonds is 3. The van der Waals surface area contributed by atoms with E-state index >= 15 is 0 Å². The number of carbonyl (C=O) groups is 1. The van der Waals surface area contributed by atoms with Gasteiger partial charge in [-0.1, -0.05) is 0 Å². The third kappa shape index (κ3) is 2.59. The molecule has 1 N–H and O–H groups in total. The summed E-state index contributed by atoms with van der Waals surface area (Å²) in [4.78, 5) is 24.3. The zero-order valence-corrected chi connectivity index (χ0v) is 11.6. The molecule has 1 aromatic heterocycles. The fraction of sp³-hybridized carbons (Fsp3) is 0.615. The van der Waals surface area contributed by atoms with Crippen LogP contribution >= 0.6 is 0 Å². The number of hydrogen-bond donors (Lipinski definition) is 1. The summed E-state index contributed by atoms with van der Waals surface area (Å²) < 4.78 is 4.64. The van der Waals surface area contributed by atoms with E-state index < -0.39 is 5.97 Å². The second-order valence-electron chi connectivity index (χ2n) is 5.07. The fourth-order valence-electron chi connectivity index (χ4n) is 2.64. The SMILES string of the molecule is COC(=O)c1nccc(N2CC(N3CCNCC3)C2)n1. The summed E-state index contributed by atoms with van der Waals surface area (Å²) in [7, 11) is 1.34. The monoisotopic (exact) mass is 277 g/mol. The topological polar surface area (TPSA) is 70.6 Å². The van der Waals surface area contributed by atoms with Crippen LogP contribution in [-0.4, -0.2) is 73.3 Å². The summed E-state index contributed by atoms with van der Waals surface area (Å²) in [5, 5.41) is 3.36. The Bertz CT molecular complexity index is 483. The summed E-state index contributed by atoms with van der Waals surface area (Å²) in [5.74, 6) is 0.424. The van der Waals surface area contributed by atoms with Crippen molar-refractivity contribution in [2.24, 2.45) is 0 Å². The zero-order valence-electron chi connectivity index (χ0n) is 11.6. The molecule has 20 heavy (non-hydrogen) atoms. The first-order valence-corrected chi connectivity index (χ1v) is 6.89. The Balaban J connectivity index is 1.60. The Labute approximate surface area is 117 Å². The van der Waals surface area contributed by atoms with Gasteiger partial charge in [0, 0.05) is 51.5 Å². The number of carbonyl (C=O) groups excluding carboxylic acids is 1. The second kappa shape index (κ2) is 5.72. The van der Waals surface area contributed by atoms with Crippen LogP contribution in [0.4, 0.5) is 5.82 Å². The van der Waals surface area contributed by atoms with Gasteiger partial charge in [0.25, 0.3) is 0 Å². The van der Waals surface area contributed by atoms with Gasteiger partial charge in [-0.05, 0) is 6.07 Å². The maximum Gasteiger partial charge on any atom is 0.376 e. The van der Waals surface area contributed by atoms with E-state index in [1.807, 2.05) is 6.07 Å². The molecule has 0 aromatic carbocycles. The Morgan fingerprint density at radius 3 is 2.85 bits per heavy atom. The van der Waals surface area contributed by atoms with Gasteiger partial charge in [0.05, 0.1) is 7.11 Å². The van der Waals surface area contributed by atoms with E-state index in [9.17, 15) is 4.79 Å². The van der Waals surface area contributed by atoms with Crippen LogP contribution in [0.5, 0.6) is 0 Å². The molecule has 0 saturated carbocycles. The molecule has 0 unspecified atom stereocenters. The lowest BCUT2D eigenvalue weighted by molar-refractivity contribution is 0.0586. The van der Waals surface area contributed by atoms with Gasteiger partial charge in [0.2, 0.25) is 5.82 Å². The van der Waals surface area contributed by atoms with Crippen molar-refractivity contribution < 1.29 is 9.53 Å². The molecule has 1 aromatic rings. The zero-order chi connectivity index (χ0) is 13.9. The van der Waals surface area contributed by atoms with Gasteiger partial charge in [0.1, 0.15) is 5.82 Å². The molecular formula is C13H19N5O2. The molecule has 2 aliphatic rings. The van der Waals surface area contributed by atoms with Crippen LogP contribution in [0.15, 0.2) is 12.3 Å². The first-order chi connectivity index (χ1) is 9.78. The molecule has 0 radical (unpaired) electrons. The predicted octanol–water partition coefficient (Wildman–Crippen LogP) is -0.643. The highest BCUT2D eigenvalue weighted by molar-refractivity contribution is 5.85. The minimum Gasteiger partial charge on any atom is -0.463 e. The van der Waals surface area contributed by atoms with Gasteiger partial charge in [-0.25, -0.2) is 14.8 Å². The molecule has 2 fully saturated rings. The molecule has 7 nitrogen and oxygen atoms in total. The Morgan fingerprint density at radius 2 is 2.15 bits per heavy atom. The first kappa shape index (κ1) is 13.3. The number of nitrogens with one attached hydrogen (secondary N) is 1. The smallest absolute Gasteiger partial charge is 0.376 e. The normalized spacial score (nSPS) is 20.6. The second-order valence-corrected chi connectivity index (χ2v) is 5.07. The fourth-order valence-corrected chi connectivity index (χ4v) is 2.64. The maximum absolute atomic E-state index is 11.4. The molecule has 2 aliphatic heterocycles. The summed E-state index contributed by atoms with van der Waals surface area (Å²) in [6.07, 6.45) is 1.60. The third-order valence-electron chi connectivity index (χ3n) is 3.86. The molecule has 2 saturated heterocycles. The van der Waals surface area contributed by atoms with E-state index in [-0.39, 0.29) is 5.82 Å². The van der Waals surface area contributed by atoms with Gasteiger partial charge >= 0.3 is 5.97 Å². The number of methoxy groups -OCH3 is 1. The van der Waals surface area contributed by atoms with E-state index in [0.717, 1.165) is 45.1 Å². The average Bonchev–Trinajstić information content (AvgIpc) is 2.46. The summed E-state index contributed by atoms with van der Waals surface area (Å²) in [6.45, 7) is 6.26. The molecular weight excluding hydrogens is 258 g/mol. The van der Waals surface area contributed by atoms with Crippen LogP contribution in [0.2, 0.25) is 0 Å². The summed E-state index contributed by atoms with van der Waals surface area (Å²) in [6, 6.07) is 2.43.